The molecule has 0 spiro atoms. The van der Waals surface area contributed by atoms with E-state index in [-0.39, 0.29) is 5.97 Å². The standard InChI is InChI=1S/C12H20O2/c1-3-4-5-6-7-8-11-9-14-12(13)10(11)2/h11H,2-9H2,1H3. The first-order chi connectivity index (χ1) is 6.75. The minimum atomic E-state index is -0.191. The van der Waals surface area contributed by atoms with E-state index in [0.717, 1.165) is 6.42 Å². The Morgan fingerprint density at radius 1 is 1.36 bits per heavy atom. The van der Waals surface area contributed by atoms with Gasteiger partial charge in [0, 0.05) is 11.5 Å². The van der Waals surface area contributed by atoms with Crippen molar-refractivity contribution < 1.29 is 9.53 Å². The highest BCUT2D eigenvalue weighted by molar-refractivity contribution is 5.90. The van der Waals surface area contributed by atoms with Crippen LogP contribution in [0.25, 0.3) is 0 Å². The Hall–Kier alpha value is -0.790. The predicted octanol–water partition coefficient (Wildman–Crippen LogP) is 3.08. The third-order valence-electron chi connectivity index (χ3n) is 2.83. The lowest BCUT2D eigenvalue weighted by molar-refractivity contribution is -0.135. The highest BCUT2D eigenvalue weighted by atomic mass is 16.5. The molecule has 0 aromatic carbocycles. The molecule has 1 fully saturated rings. The summed E-state index contributed by atoms with van der Waals surface area (Å²) in [5.41, 5.74) is 0.681. The second-order valence-corrected chi connectivity index (χ2v) is 4.02. The van der Waals surface area contributed by atoms with Gasteiger partial charge in [-0.25, -0.2) is 4.79 Å². The number of ether oxygens (including phenoxy) is 1. The summed E-state index contributed by atoms with van der Waals surface area (Å²) in [6, 6.07) is 0. The number of hydrogen-bond acceptors (Lipinski definition) is 2. The first-order valence-corrected chi connectivity index (χ1v) is 5.61. The fourth-order valence-electron chi connectivity index (χ4n) is 1.79. The molecule has 0 radical (unpaired) electrons. The maximum atomic E-state index is 11.0. The molecule has 1 heterocycles. The van der Waals surface area contributed by atoms with Crippen LogP contribution in [0.1, 0.15) is 45.4 Å². The molecule has 0 N–H and O–H groups in total. The molecule has 0 aromatic heterocycles. The molecule has 1 unspecified atom stereocenters. The van der Waals surface area contributed by atoms with Gasteiger partial charge in [-0.15, -0.1) is 0 Å². The van der Waals surface area contributed by atoms with Crippen LogP contribution in [0.4, 0.5) is 0 Å². The van der Waals surface area contributed by atoms with E-state index in [1.807, 2.05) is 0 Å². The Kier molecular flexibility index (Phi) is 4.71. The third kappa shape index (κ3) is 3.17. The molecule has 0 saturated carbocycles. The lowest BCUT2D eigenvalue weighted by atomic mass is 9.96. The molecule has 0 aliphatic carbocycles. The van der Waals surface area contributed by atoms with E-state index in [2.05, 4.69) is 13.5 Å². The summed E-state index contributed by atoms with van der Waals surface area (Å²) >= 11 is 0. The summed E-state index contributed by atoms with van der Waals surface area (Å²) < 4.78 is 4.92. The van der Waals surface area contributed by atoms with E-state index in [1.165, 1.54) is 32.1 Å². The van der Waals surface area contributed by atoms with Crippen molar-refractivity contribution in [1.82, 2.24) is 0 Å². The Balaban J connectivity index is 2.07. The van der Waals surface area contributed by atoms with Crippen molar-refractivity contribution >= 4 is 5.97 Å². The molecule has 1 atom stereocenters. The summed E-state index contributed by atoms with van der Waals surface area (Å²) in [5, 5.41) is 0. The normalized spacial score (nSPS) is 21.4. The Bertz CT molecular complexity index is 208. The van der Waals surface area contributed by atoms with Crippen molar-refractivity contribution in [2.24, 2.45) is 5.92 Å². The second-order valence-electron chi connectivity index (χ2n) is 4.02. The molecule has 2 heteroatoms. The summed E-state index contributed by atoms with van der Waals surface area (Å²) in [6.45, 7) is 6.53. The van der Waals surface area contributed by atoms with Gasteiger partial charge in [0.2, 0.25) is 0 Å². The molecule has 14 heavy (non-hydrogen) atoms. The van der Waals surface area contributed by atoms with Crippen LogP contribution >= 0.6 is 0 Å². The molecular formula is C12H20O2. The van der Waals surface area contributed by atoms with Crippen LogP contribution in [0.15, 0.2) is 12.2 Å². The molecule has 0 bridgehead atoms. The van der Waals surface area contributed by atoms with Gasteiger partial charge in [-0.05, 0) is 6.42 Å². The van der Waals surface area contributed by atoms with Crippen molar-refractivity contribution in [3.63, 3.8) is 0 Å². The maximum absolute atomic E-state index is 11.0. The summed E-state index contributed by atoms with van der Waals surface area (Å²) in [4.78, 5) is 11.0. The van der Waals surface area contributed by atoms with Crippen molar-refractivity contribution in [3.8, 4) is 0 Å². The average molecular weight is 196 g/mol. The van der Waals surface area contributed by atoms with Crippen molar-refractivity contribution in [1.29, 1.82) is 0 Å². The Morgan fingerprint density at radius 3 is 2.64 bits per heavy atom. The van der Waals surface area contributed by atoms with Gasteiger partial charge < -0.3 is 4.74 Å². The van der Waals surface area contributed by atoms with Gasteiger partial charge in [0.1, 0.15) is 0 Å². The topological polar surface area (TPSA) is 26.3 Å². The summed E-state index contributed by atoms with van der Waals surface area (Å²) in [5.74, 6) is 0.104. The fraction of sp³-hybridized carbons (Fsp3) is 0.750. The van der Waals surface area contributed by atoms with E-state index in [1.54, 1.807) is 0 Å². The lowest BCUT2D eigenvalue weighted by Crippen LogP contribution is -2.01. The number of rotatable bonds is 6. The van der Waals surface area contributed by atoms with Gasteiger partial charge >= 0.3 is 5.97 Å². The van der Waals surface area contributed by atoms with Crippen LogP contribution in [-0.2, 0) is 9.53 Å². The fourth-order valence-corrected chi connectivity index (χ4v) is 1.79. The highest BCUT2D eigenvalue weighted by Crippen LogP contribution is 2.24. The number of hydrogen-bond donors (Lipinski definition) is 0. The van der Waals surface area contributed by atoms with Gasteiger partial charge in [-0.3, -0.25) is 0 Å². The number of esters is 1. The quantitative estimate of drug-likeness (QED) is 0.371. The van der Waals surface area contributed by atoms with Crippen LogP contribution in [-0.4, -0.2) is 12.6 Å². The van der Waals surface area contributed by atoms with E-state index < -0.39 is 0 Å². The molecule has 80 valence electrons. The summed E-state index contributed by atoms with van der Waals surface area (Å²) in [7, 11) is 0. The van der Waals surface area contributed by atoms with Crippen molar-refractivity contribution in [2.75, 3.05) is 6.61 Å². The van der Waals surface area contributed by atoms with Gasteiger partial charge in [0.15, 0.2) is 0 Å². The number of carbonyl (C=O) groups is 1. The van der Waals surface area contributed by atoms with Crippen LogP contribution in [0.3, 0.4) is 0 Å². The third-order valence-corrected chi connectivity index (χ3v) is 2.83. The zero-order chi connectivity index (χ0) is 10.4. The van der Waals surface area contributed by atoms with Crippen LogP contribution in [0.2, 0.25) is 0 Å². The first-order valence-electron chi connectivity index (χ1n) is 5.61. The van der Waals surface area contributed by atoms with E-state index in [0.29, 0.717) is 18.1 Å². The van der Waals surface area contributed by atoms with Crippen LogP contribution in [0.5, 0.6) is 0 Å². The maximum Gasteiger partial charge on any atom is 0.333 e. The molecular weight excluding hydrogens is 176 g/mol. The molecule has 1 rings (SSSR count). The molecule has 1 aliphatic rings. The number of unbranched alkanes of at least 4 members (excludes halogenated alkanes) is 4. The first kappa shape index (κ1) is 11.3. The highest BCUT2D eigenvalue weighted by Gasteiger charge is 2.27. The molecule has 0 amide bonds. The Morgan fingerprint density at radius 2 is 2.07 bits per heavy atom. The Labute approximate surface area is 86.3 Å². The second kappa shape index (κ2) is 5.84. The average Bonchev–Trinajstić information content (AvgIpc) is 2.49. The number of cyclic esters (lactones) is 1. The van der Waals surface area contributed by atoms with Crippen LogP contribution in [0, 0.1) is 5.92 Å². The van der Waals surface area contributed by atoms with E-state index >= 15 is 0 Å². The van der Waals surface area contributed by atoms with Crippen LogP contribution < -0.4 is 0 Å². The molecule has 1 aliphatic heterocycles. The number of carbonyl (C=O) groups excluding carboxylic acids is 1. The summed E-state index contributed by atoms with van der Waals surface area (Å²) in [6.07, 6.45) is 7.43. The van der Waals surface area contributed by atoms with Gasteiger partial charge in [-0.1, -0.05) is 45.6 Å². The van der Waals surface area contributed by atoms with Crippen molar-refractivity contribution in [3.05, 3.63) is 12.2 Å². The predicted molar refractivity (Wildman–Crippen MR) is 57.0 cm³/mol. The van der Waals surface area contributed by atoms with Gasteiger partial charge in [0.25, 0.3) is 0 Å². The zero-order valence-corrected chi connectivity index (χ0v) is 9.05. The molecule has 0 aromatic rings. The van der Waals surface area contributed by atoms with Crippen molar-refractivity contribution in [2.45, 2.75) is 45.4 Å². The van der Waals surface area contributed by atoms with Gasteiger partial charge in [0.05, 0.1) is 6.61 Å². The largest absolute Gasteiger partial charge is 0.462 e. The monoisotopic (exact) mass is 196 g/mol. The smallest absolute Gasteiger partial charge is 0.333 e. The van der Waals surface area contributed by atoms with E-state index in [9.17, 15) is 4.79 Å². The van der Waals surface area contributed by atoms with Gasteiger partial charge in [-0.2, -0.15) is 0 Å². The molecule has 2 nitrogen and oxygen atoms in total. The minimum absolute atomic E-state index is 0.191. The molecule has 1 saturated heterocycles. The van der Waals surface area contributed by atoms with E-state index in [4.69, 9.17) is 4.74 Å². The minimum Gasteiger partial charge on any atom is -0.462 e. The lowest BCUT2D eigenvalue weighted by Gasteiger charge is -2.06. The zero-order valence-electron chi connectivity index (χ0n) is 9.05. The SMILES string of the molecule is C=C1C(=O)OCC1CCCCCCC.